The van der Waals surface area contributed by atoms with Crippen molar-refractivity contribution >= 4 is 18.0 Å². The fraction of sp³-hybridized carbons (Fsp3) is 0.250. The number of hydrogen-bond donors (Lipinski definition) is 2. The molecule has 1 aromatic heterocycles. The lowest BCUT2D eigenvalue weighted by Crippen LogP contribution is -2.25. The minimum atomic E-state index is -4.47. The van der Waals surface area contributed by atoms with E-state index in [0.717, 1.165) is 12.1 Å². The molecule has 1 amide bonds. The number of allylic oxidation sites excluding steroid dienone is 1. The first-order chi connectivity index (χ1) is 18.3. The van der Waals surface area contributed by atoms with Crippen molar-refractivity contribution in [2.75, 3.05) is 6.54 Å². The van der Waals surface area contributed by atoms with Gasteiger partial charge in [-0.15, -0.1) is 0 Å². The molecule has 39 heavy (non-hydrogen) atoms. The summed E-state index contributed by atoms with van der Waals surface area (Å²) in [5, 5.41) is 11.1. The van der Waals surface area contributed by atoms with Gasteiger partial charge in [-0.05, 0) is 47.9 Å². The van der Waals surface area contributed by atoms with Gasteiger partial charge in [0.1, 0.15) is 0 Å². The number of amides is 1. The molecule has 2 aromatic carbocycles. The molecular formula is C28H24F6N2O3. The third kappa shape index (κ3) is 9.27. The maximum atomic E-state index is 13.0. The van der Waals surface area contributed by atoms with Gasteiger partial charge in [0.15, 0.2) is 0 Å². The molecule has 3 aromatic rings. The molecule has 1 heterocycles. The largest absolute Gasteiger partial charge is 0.481 e. The smallest absolute Gasteiger partial charge is 0.416 e. The number of aromatic nitrogens is 1. The molecule has 1 atom stereocenters. The van der Waals surface area contributed by atoms with Crippen molar-refractivity contribution in [3.05, 3.63) is 95.2 Å². The highest BCUT2D eigenvalue weighted by molar-refractivity contribution is 5.94. The highest BCUT2D eigenvalue weighted by atomic mass is 19.4. The molecule has 0 saturated heterocycles. The molecule has 0 spiro atoms. The van der Waals surface area contributed by atoms with E-state index >= 15 is 0 Å². The van der Waals surface area contributed by atoms with Crippen LogP contribution in [0.15, 0.2) is 72.9 Å². The Morgan fingerprint density at radius 1 is 0.923 bits per heavy atom. The number of carboxylic acids is 1. The van der Waals surface area contributed by atoms with Crippen molar-refractivity contribution in [1.82, 2.24) is 10.3 Å². The zero-order chi connectivity index (χ0) is 28.6. The normalized spacial score (nSPS) is 12.9. The lowest BCUT2D eigenvalue weighted by Gasteiger charge is -2.15. The molecule has 0 aliphatic heterocycles. The number of aliphatic carboxylic acids is 1. The van der Waals surface area contributed by atoms with Gasteiger partial charge < -0.3 is 10.4 Å². The van der Waals surface area contributed by atoms with E-state index in [-0.39, 0.29) is 19.4 Å². The van der Waals surface area contributed by atoms with Crippen LogP contribution in [0.1, 0.15) is 52.2 Å². The van der Waals surface area contributed by atoms with Gasteiger partial charge in [0.05, 0.1) is 17.7 Å². The zero-order valence-electron chi connectivity index (χ0n) is 20.4. The van der Waals surface area contributed by atoms with Crippen molar-refractivity contribution in [3.8, 4) is 11.3 Å². The predicted octanol–water partition coefficient (Wildman–Crippen LogP) is 7.11. The molecule has 0 fully saturated rings. The molecule has 5 nitrogen and oxygen atoms in total. The van der Waals surface area contributed by atoms with Crippen LogP contribution in [0.4, 0.5) is 26.3 Å². The summed E-state index contributed by atoms with van der Waals surface area (Å²) in [7, 11) is 0. The van der Waals surface area contributed by atoms with Crippen LogP contribution in [-0.4, -0.2) is 34.7 Å². The Hall–Kier alpha value is -4.15. The summed E-state index contributed by atoms with van der Waals surface area (Å²) in [6.07, 6.45) is -5.70. The molecular weight excluding hydrogens is 526 g/mol. The van der Waals surface area contributed by atoms with Gasteiger partial charge >= 0.3 is 18.3 Å². The maximum Gasteiger partial charge on any atom is 0.416 e. The summed E-state index contributed by atoms with van der Waals surface area (Å²) in [6, 6.07) is 13.8. The predicted molar refractivity (Wildman–Crippen MR) is 133 cm³/mol. The van der Waals surface area contributed by atoms with Crippen molar-refractivity contribution in [1.29, 1.82) is 0 Å². The van der Waals surface area contributed by atoms with E-state index in [1.807, 2.05) is 0 Å². The number of carbonyl (C=O) groups excluding carboxylic acids is 1. The quantitative estimate of drug-likeness (QED) is 0.264. The first-order valence-electron chi connectivity index (χ1n) is 11.8. The number of halogens is 6. The van der Waals surface area contributed by atoms with E-state index in [4.69, 9.17) is 5.11 Å². The molecule has 3 rings (SSSR count). The monoisotopic (exact) mass is 550 g/mol. The standard InChI is InChI=1S/C28H24F6N2O3/c29-27(30,31)15-13-19(4-1-18-2-5-21(6-3-18)26(39)35-16-14-25(37)38)22-9-12-24(36-17-22)20-7-10-23(11-8-20)28(32,33)34/h1-12,17,19H,13-16H2,(H,35,39)(H,37,38). The van der Waals surface area contributed by atoms with Crippen molar-refractivity contribution in [2.24, 2.45) is 0 Å². The fourth-order valence-electron chi connectivity index (χ4n) is 3.68. The van der Waals surface area contributed by atoms with Crippen LogP contribution >= 0.6 is 0 Å². The number of carbonyl (C=O) groups is 2. The fourth-order valence-corrected chi connectivity index (χ4v) is 3.68. The minimum Gasteiger partial charge on any atom is -0.481 e. The number of carboxylic acid groups (broad SMARTS) is 1. The summed E-state index contributed by atoms with van der Waals surface area (Å²) < 4.78 is 77.3. The highest BCUT2D eigenvalue weighted by Gasteiger charge is 2.30. The number of pyridine rings is 1. The van der Waals surface area contributed by atoms with Crippen LogP contribution < -0.4 is 5.32 Å². The molecule has 11 heteroatoms. The second kappa shape index (κ2) is 12.6. The number of alkyl halides is 6. The summed E-state index contributed by atoms with van der Waals surface area (Å²) in [5.74, 6) is -2.14. The second-order valence-corrected chi connectivity index (χ2v) is 8.69. The summed E-state index contributed by atoms with van der Waals surface area (Å²) in [4.78, 5) is 26.9. The Balaban J connectivity index is 1.74. The second-order valence-electron chi connectivity index (χ2n) is 8.69. The lowest BCUT2D eigenvalue weighted by molar-refractivity contribution is -0.138. The number of rotatable bonds is 10. The number of nitrogens with zero attached hydrogens (tertiary/aromatic N) is 1. The average molecular weight is 550 g/mol. The van der Waals surface area contributed by atoms with E-state index < -0.39 is 42.1 Å². The van der Waals surface area contributed by atoms with Gasteiger partial charge in [-0.2, -0.15) is 26.3 Å². The van der Waals surface area contributed by atoms with Gasteiger partial charge in [-0.3, -0.25) is 14.6 Å². The first kappa shape index (κ1) is 29.4. The molecule has 206 valence electrons. The number of nitrogens with one attached hydrogen (secondary N) is 1. The Morgan fingerprint density at radius 3 is 2.13 bits per heavy atom. The van der Waals surface area contributed by atoms with Crippen LogP contribution in [-0.2, 0) is 11.0 Å². The van der Waals surface area contributed by atoms with Crippen LogP contribution in [0.25, 0.3) is 17.3 Å². The topological polar surface area (TPSA) is 79.3 Å². The van der Waals surface area contributed by atoms with E-state index in [1.165, 1.54) is 30.5 Å². The molecule has 0 aliphatic carbocycles. The van der Waals surface area contributed by atoms with Crippen molar-refractivity contribution in [2.45, 2.75) is 37.5 Å². The van der Waals surface area contributed by atoms with Crippen LogP contribution in [0, 0.1) is 0 Å². The Labute approximate surface area is 220 Å². The molecule has 0 radical (unpaired) electrons. The van der Waals surface area contributed by atoms with E-state index in [1.54, 1.807) is 36.4 Å². The number of benzene rings is 2. The van der Waals surface area contributed by atoms with Crippen molar-refractivity contribution in [3.63, 3.8) is 0 Å². The van der Waals surface area contributed by atoms with Crippen LogP contribution in [0.5, 0.6) is 0 Å². The zero-order valence-corrected chi connectivity index (χ0v) is 20.4. The van der Waals surface area contributed by atoms with E-state index in [9.17, 15) is 35.9 Å². The summed E-state index contributed by atoms with van der Waals surface area (Å²) >= 11 is 0. The average Bonchev–Trinajstić information content (AvgIpc) is 2.88. The van der Waals surface area contributed by atoms with Crippen LogP contribution in [0.2, 0.25) is 0 Å². The Bertz CT molecular complexity index is 1280. The molecule has 0 saturated carbocycles. The van der Waals surface area contributed by atoms with Crippen LogP contribution in [0.3, 0.4) is 0 Å². The Morgan fingerprint density at radius 2 is 1.59 bits per heavy atom. The summed E-state index contributed by atoms with van der Waals surface area (Å²) in [5.41, 5.74) is 1.44. The number of hydrogen-bond acceptors (Lipinski definition) is 3. The van der Waals surface area contributed by atoms with E-state index in [2.05, 4.69) is 10.3 Å². The van der Waals surface area contributed by atoms with Gasteiger partial charge in [-0.1, -0.05) is 42.5 Å². The molecule has 0 bridgehead atoms. The summed E-state index contributed by atoms with van der Waals surface area (Å²) in [6.45, 7) is -0.0254. The van der Waals surface area contributed by atoms with E-state index in [0.29, 0.717) is 27.9 Å². The third-order valence-electron chi connectivity index (χ3n) is 5.78. The molecule has 1 unspecified atom stereocenters. The maximum absolute atomic E-state index is 13.0. The van der Waals surface area contributed by atoms with Gasteiger partial charge in [0.2, 0.25) is 0 Å². The molecule has 2 N–H and O–H groups in total. The van der Waals surface area contributed by atoms with Gasteiger partial charge in [0.25, 0.3) is 5.91 Å². The third-order valence-corrected chi connectivity index (χ3v) is 5.78. The lowest BCUT2D eigenvalue weighted by atomic mass is 9.93. The van der Waals surface area contributed by atoms with Gasteiger partial charge in [-0.25, -0.2) is 0 Å². The Kier molecular flexibility index (Phi) is 9.50. The highest BCUT2D eigenvalue weighted by Crippen LogP contribution is 2.33. The SMILES string of the molecule is O=C(O)CCNC(=O)c1ccc(C=CC(CCC(F)(F)F)c2ccc(-c3ccc(C(F)(F)F)cc3)nc2)cc1. The van der Waals surface area contributed by atoms with Crippen molar-refractivity contribution < 1.29 is 41.0 Å². The minimum absolute atomic E-state index is 0.0254. The molecule has 0 aliphatic rings. The van der Waals surface area contributed by atoms with Gasteiger partial charge in [0, 0.05) is 36.2 Å². The first-order valence-corrected chi connectivity index (χ1v) is 11.8.